The van der Waals surface area contributed by atoms with Crippen LogP contribution < -0.4 is 19.7 Å². The third-order valence-corrected chi connectivity index (χ3v) is 8.64. The number of rotatable bonds is 9. The highest BCUT2D eigenvalue weighted by atomic mass is 19.1. The van der Waals surface area contributed by atoms with E-state index in [0.717, 1.165) is 68.5 Å². The van der Waals surface area contributed by atoms with E-state index in [2.05, 4.69) is 57.9 Å². The van der Waals surface area contributed by atoms with Gasteiger partial charge in [0.25, 0.3) is 0 Å². The van der Waals surface area contributed by atoms with Crippen molar-refractivity contribution in [3.63, 3.8) is 0 Å². The maximum Gasteiger partial charge on any atom is 0.188 e. The van der Waals surface area contributed by atoms with Crippen LogP contribution in [0.25, 0.3) is 0 Å². The van der Waals surface area contributed by atoms with Crippen LogP contribution in [0.15, 0.2) is 43.0 Å². The Bertz CT molecular complexity index is 1410. The summed E-state index contributed by atoms with van der Waals surface area (Å²) in [6.45, 7) is 18.1. The molecular formula is C36H53FN6O4. The molecule has 1 unspecified atom stereocenters. The Morgan fingerprint density at radius 1 is 1.13 bits per heavy atom. The molecule has 0 radical (unpaired) electrons. The largest absolute Gasteiger partial charge is 0.490 e. The molecule has 258 valence electrons. The Hall–Kier alpha value is -3.67. The predicted octanol–water partition coefficient (Wildman–Crippen LogP) is 6.24. The number of aliphatic hydroxyl groups excluding tert-OH is 1. The summed E-state index contributed by atoms with van der Waals surface area (Å²) >= 11 is 0. The number of ether oxygens (including phenoxy) is 2. The lowest BCUT2D eigenvalue weighted by Crippen LogP contribution is -2.65. The predicted molar refractivity (Wildman–Crippen MR) is 184 cm³/mol. The van der Waals surface area contributed by atoms with Crippen LogP contribution in [0, 0.1) is 11.2 Å². The van der Waals surface area contributed by atoms with E-state index in [9.17, 15) is 14.3 Å². The number of carbonyl (C=O) groups excluding carboxylic acids is 1. The molecule has 3 aromatic rings. The van der Waals surface area contributed by atoms with E-state index >= 15 is 0 Å². The Labute approximate surface area is 279 Å². The minimum absolute atomic E-state index is 0.00815. The van der Waals surface area contributed by atoms with Crippen molar-refractivity contribution in [2.24, 2.45) is 5.41 Å². The van der Waals surface area contributed by atoms with Crippen molar-refractivity contribution in [1.82, 2.24) is 25.2 Å². The standard InChI is InChI=1S/C26H26FN5O4.C6H15N.2C2H6/c27-17-1-2-21(16(7-17)11-33)36-23-10-28-15-31-25(23)32-13-26(14-32)8-18(9-26)35-22-4-6-29-19-3-5-30-20(12-34)24(19)22;1-5-7(4)6(2)3;2*1-2/h1-2,4,6-7,10-11,15,18,20,30,34H,3,5,8-9,12-14H2;6H,5H2,1-4H3;2*1-2H3. The van der Waals surface area contributed by atoms with Crippen molar-refractivity contribution < 1.29 is 23.8 Å². The van der Waals surface area contributed by atoms with Gasteiger partial charge in [0, 0.05) is 49.3 Å². The zero-order valence-corrected chi connectivity index (χ0v) is 29.3. The summed E-state index contributed by atoms with van der Waals surface area (Å²) in [6.07, 6.45) is 8.13. The van der Waals surface area contributed by atoms with Crippen LogP contribution in [-0.2, 0) is 6.42 Å². The van der Waals surface area contributed by atoms with E-state index in [1.165, 1.54) is 18.5 Å². The van der Waals surface area contributed by atoms with E-state index in [0.29, 0.717) is 23.9 Å². The first-order valence-electron chi connectivity index (χ1n) is 16.9. The number of hydrogen-bond acceptors (Lipinski definition) is 10. The normalized spacial score (nSPS) is 17.4. The fourth-order valence-corrected chi connectivity index (χ4v) is 5.94. The van der Waals surface area contributed by atoms with Gasteiger partial charge in [-0.05, 0) is 64.5 Å². The van der Waals surface area contributed by atoms with E-state index in [1.807, 2.05) is 33.8 Å². The van der Waals surface area contributed by atoms with Crippen LogP contribution in [0.1, 0.15) is 89.0 Å². The van der Waals surface area contributed by atoms with Gasteiger partial charge < -0.3 is 29.7 Å². The number of carbonyl (C=O) groups is 1. The summed E-state index contributed by atoms with van der Waals surface area (Å²) in [5, 5.41) is 13.1. The second kappa shape index (κ2) is 18.0. The molecule has 0 bridgehead atoms. The van der Waals surface area contributed by atoms with Gasteiger partial charge in [-0.3, -0.25) is 9.78 Å². The molecule has 2 aromatic heterocycles. The lowest BCUT2D eigenvalue weighted by molar-refractivity contribution is -0.0353. The van der Waals surface area contributed by atoms with Crippen molar-refractivity contribution >= 4 is 12.1 Å². The lowest BCUT2D eigenvalue weighted by atomic mass is 9.61. The number of aldehydes is 1. The molecule has 1 aliphatic carbocycles. The molecule has 1 spiro atoms. The van der Waals surface area contributed by atoms with Gasteiger partial charge in [-0.1, -0.05) is 34.6 Å². The maximum absolute atomic E-state index is 13.5. The first-order valence-corrected chi connectivity index (χ1v) is 16.9. The number of aromatic nitrogens is 3. The van der Waals surface area contributed by atoms with Crippen LogP contribution >= 0.6 is 0 Å². The molecule has 10 nitrogen and oxygen atoms in total. The van der Waals surface area contributed by atoms with Gasteiger partial charge in [-0.15, -0.1) is 0 Å². The Kier molecular flexibility index (Phi) is 14.5. The molecule has 3 aliphatic rings. The Morgan fingerprint density at radius 2 is 1.85 bits per heavy atom. The van der Waals surface area contributed by atoms with Crippen molar-refractivity contribution in [1.29, 1.82) is 0 Å². The zero-order chi connectivity index (χ0) is 34.6. The quantitative estimate of drug-likeness (QED) is 0.258. The second-order valence-electron chi connectivity index (χ2n) is 11.9. The highest BCUT2D eigenvalue weighted by Gasteiger charge is 2.54. The van der Waals surface area contributed by atoms with Gasteiger partial charge in [0.1, 0.15) is 29.7 Å². The maximum atomic E-state index is 13.5. The molecule has 2 aliphatic heterocycles. The molecule has 4 heterocycles. The number of halogens is 1. The van der Waals surface area contributed by atoms with Gasteiger partial charge >= 0.3 is 0 Å². The highest BCUT2D eigenvalue weighted by molar-refractivity contribution is 5.79. The van der Waals surface area contributed by atoms with Crippen molar-refractivity contribution in [3.8, 4) is 17.2 Å². The molecule has 6 rings (SSSR count). The number of fused-ring (bicyclic) bond motifs is 1. The third kappa shape index (κ3) is 9.24. The SMILES string of the molecule is CC.CC.CCN(C)C(C)C.O=Cc1cc(F)ccc1Oc1cncnc1N1CC2(CC(Oc3ccnc4c3C(CO)NCC4)C2)C1. The number of hydrogen-bond donors (Lipinski definition) is 2. The number of aliphatic hydroxyl groups is 1. The van der Waals surface area contributed by atoms with E-state index in [1.54, 1.807) is 12.4 Å². The van der Waals surface area contributed by atoms with E-state index in [-0.39, 0.29) is 35.5 Å². The molecule has 2 N–H and O–H groups in total. The topological polar surface area (TPSA) is 113 Å². The summed E-state index contributed by atoms with van der Waals surface area (Å²) in [5.74, 6) is 1.61. The van der Waals surface area contributed by atoms with Crippen molar-refractivity contribution in [2.45, 2.75) is 85.9 Å². The average Bonchev–Trinajstić information content (AvgIpc) is 3.07. The molecule has 11 heteroatoms. The molecule has 2 fully saturated rings. The summed E-state index contributed by atoms with van der Waals surface area (Å²) in [5.41, 5.74) is 2.24. The van der Waals surface area contributed by atoms with Crippen molar-refractivity contribution in [3.05, 3.63) is 65.6 Å². The monoisotopic (exact) mass is 652 g/mol. The van der Waals surface area contributed by atoms with Crippen LogP contribution in [-0.4, -0.2) is 83.2 Å². The summed E-state index contributed by atoms with van der Waals surface area (Å²) in [4.78, 5) is 28.7. The van der Waals surface area contributed by atoms with Crippen LogP contribution in [0.2, 0.25) is 0 Å². The first kappa shape index (κ1) is 37.8. The number of pyridine rings is 1. The van der Waals surface area contributed by atoms with Gasteiger partial charge in [-0.2, -0.15) is 0 Å². The van der Waals surface area contributed by atoms with E-state index in [4.69, 9.17) is 9.47 Å². The number of anilines is 1. The van der Waals surface area contributed by atoms with E-state index < -0.39 is 5.82 Å². The van der Waals surface area contributed by atoms with Gasteiger partial charge in [0.05, 0.1) is 30.1 Å². The number of benzene rings is 1. The molecule has 1 aromatic carbocycles. The summed E-state index contributed by atoms with van der Waals surface area (Å²) in [6, 6.07) is 6.25. The molecule has 47 heavy (non-hydrogen) atoms. The number of nitrogens with one attached hydrogen (secondary N) is 1. The fraction of sp³-hybridized carbons (Fsp3) is 0.556. The summed E-state index contributed by atoms with van der Waals surface area (Å²) < 4.78 is 25.8. The minimum atomic E-state index is -0.504. The Balaban J connectivity index is 0.000000480. The molecule has 1 saturated heterocycles. The zero-order valence-electron chi connectivity index (χ0n) is 29.3. The van der Waals surface area contributed by atoms with Gasteiger partial charge in [0.2, 0.25) is 0 Å². The van der Waals surface area contributed by atoms with Crippen molar-refractivity contribution in [2.75, 3.05) is 44.7 Å². The summed E-state index contributed by atoms with van der Waals surface area (Å²) in [7, 11) is 2.13. The third-order valence-electron chi connectivity index (χ3n) is 8.64. The van der Waals surface area contributed by atoms with Crippen LogP contribution in [0.4, 0.5) is 10.2 Å². The minimum Gasteiger partial charge on any atom is -0.490 e. The molecule has 1 saturated carbocycles. The number of nitrogens with zero attached hydrogens (tertiary/aromatic N) is 5. The fourth-order valence-electron chi connectivity index (χ4n) is 5.94. The smallest absolute Gasteiger partial charge is 0.188 e. The second-order valence-corrected chi connectivity index (χ2v) is 11.9. The Morgan fingerprint density at radius 3 is 2.47 bits per heavy atom. The van der Waals surface area contributed by atoms with Gasteiger partial charge in [-0.25, -0.2) is 14.4 Å². The molecular weight excluding hydrogens is 599 g/mol. The van der Waals surface area contributed by atoms with Crippen LogP contribution in [0.3, 0.4) is 0 Å². The molecule has 0 amide bonds. The highest BCUT2D eigenvalue weighted by Crippen LogP contribution is 2.52. The lowest BCUT2D eigenvalue weighted by Gasteiger charge is -2.59. The van der Waals surface area contributed by atoms with Gasteiger partial charge in [0.15, 0.2) is 17.9 Å². The first-order chi connectivity index (χ1) is 22.8. The van der Waals surface area contributed by atoms with Crippen LogP contribution in [0.5, 0.6) is 17.2 Å². The molecule has 1 atom stereocenters. The average molecular weight is 653 g/mol.